The van der Waals surface area contributed by atoms with Crippen molar-refractivity contribution in [2.24, 2.45) is 0 Å². The summed E-state index contributed by atoms with van der Waals surface area (Å²) in [5.74, 6) is -0.327. The minimum Gasteiger partial charge on any atom is -0.467 e. The SMILES string of the molecule is C[C@@H](OC(=O)/C=C/c1ccc(Br)cc1)C(=O)NCc1ccco1. The lowest BCUT2D eigenvalue weighted by Crippen LogP contribution is -2.35. The van der Waals surface area contributed by atoms with Crippen LogP contribution in [0.3, 0.4) is 0 Å². The Morgan fingerprint density at radius 1 is 1.30 bits per heavy atom. The fourth-order valence-electron chi connectivity index (χ4n) is 1.74. The number of carbonyl (C=O) groups excluding carboxylic acids is 2. The van der Waals surface area contributed by atoms with E-state index in [0.29, 0.717) is 5.76 Å². The van der Waals surface area contributed by atoms with Crippen molar-refractivity contribution in [1.29, 1.82) is 0 Å². The van der Waals surface area contributed by atoms with E-state index in [1.54, 1.807) is 18.2 Å². The van der Waals surface area contributed by atoms with E-state index in [4.69, 9.17) is 9.15 Å². The Morgan fingerprint density at radius 2 is 2.04 bits per heavy atom. The first-order valence-electron chi connectivity index (χ1n) is 6.99. The van der Waals surface area contributed by atoms with Crippen molar-refractivity contribution in [2.45, 2.75) is 19.6 Å². The molecule has 0 aliphatic rings. The van der Waals surface area contributed by atoms with E-state index in [1.165, 1.54) is 19.3 Å². The third-order valence-electron chi connectivity index (χ3n) is 2.96. The molecule has 1 atom stereocenters. The second-order valence-electron chi connectivity index (χ2n) is 4.76. The number of carbonyl (C=O) groups is 2. The van der Waals surface area contributed by atoms with Crippen LogP contribution in [0.25, 0.3) is 6.08 Å². The van der Waals surface area contributed by atoms with E-state index >= 15 is 0 Å². The fraction of sp³-hybridized carbons (Fsp3) is 0.176. The summed E-state index contributed by atoms with van der Waals surface area (Å²) in [4.78, 5) is 23.5. The molecule has 1 heterocycles. The fourth-order valence-corrected chi connectivity index (χ4v) is 2.00. The van der Waals surface area contributed by atoms with E-state index in [-0.39, 0.29) is 12.5 Å². The van der Waals surface area contributed by atoms with E-state index in [1.807, 2.05) is 24.3 Å². The summed E-state index contributed by atoms with van der Waals surface area (Å²) < 4.78 is 11.1. The Balaban J connectivity index is 1.79. The van der Waals surface area contributed by atoms with Gasteiger partial charge in [0.15, 0.2) is 6.10 Å². The molecule has 1 aromatic heterocycles. The van der Waals surface area contributed by atoms with E-state index < -0.39 is 12.1 Å². The number of benzene rings is 1. The molecule has 1 aromatic carbocycles. The van der Waals surface area contributed by atoms with E-state index in [0.717, 1.165) is 10.0 Å². The highest BCUT2D eigenvalue weighted by molar-refractivity contribution is 9.10. The molecule has 0 aliphatic heterocycles. The highest BCUT2D eigenvalue weighted by Crippen LogP contribution is 2.11. The maximum atomic E-state index is 11.8. The lowest BCUT2D eigenvalue weighted by Gasteiger charge is -2.11. The van der Waals surface area contributed by atoms with Gasteiger partial charge in [0.05, 0.1) is 12.8 Å². The van der Waals surface area contributed by atoms with Gasteiger partial charge in [-0.1, -0.05) is 28.1 Å². The number of esters is 1. The summed E-state index contributed by atoms with van der Waals surface area (Å²) in [6.45, 7) is 1.77. The van der Waals surface area contributed by atoms with Crippen molar-refractivity contribution in [1.82, 2.24) is 5.32 Å². The van der Waals surface area contributed by atoms with Gasteiger partial charge in [-0.3, -0.25) is 4.79 Å². The Hall–Kier alpha value is -2.34. The molecule has 0 fully saturated rings. The van der Waals surface area contributed by atoms with Crippen LogP contribution in [0.5, 0.6) is 0 Å². The van der Waals surface area contributed by atoms with Crippen LogP contribution in [-0.4, -0.2) is 18.0 Å². The average Bonchev–Trinajstić information content (AvgIpc) is 3.05. The Kier molecular flexibility index (Phi) is 6.17. The zero-order chi connectivity index (χ0) is 16.7. The zero-order valence-corrected chi connectivity index (χ0v) is 14.1. The molecule has 0 bridgehead atoms. The molecule has 0 saturated heterocycles. The maximum absolute atomic E-state index is 11.8. The van der Waals surface area contributed by atoms with Gasteiger partial charge >= 0.3 is 5.97 Å². The highest BCUT2D eigenvalue weighted by atomic mass is 79.9. The largest absolute Gasteiger partial charge is 0.467 e. The molecule has 5 nitrogen and oxygen atoms in total. The molecule has 2 aromatic rings. The minimum absolute atomic E-state index is 0.252. The highest BCUT2D eigenvalue weighted by Gasteiger charge is 2.16. The number of hydrogen-bond donors (Lipinski definition) is 1. The van der Waals surface area contributed by atoms with Crippen molar-refractivity contribution in [3.63, 3.8) is 0 Å². The van der Waals surface area contributed by atoms with Gasteiger partial charge in [-0.05, 0) is 42.8 Å². The number of furan rings is 1. The first-order valence-corrected chi connectivity index (χ1v) is 7.78. The molecule has 0 saturated carbocycles. The van der Waals surface area contributed by atoms with Gasteiger partial charge in [0, 0.05) is 10.5 Å². The molecular formula is C17H16BrNO4. The molecule has 0 spiro atoms. The molecule has 0 radical (unpaired) electrons. The van der Waals surface area contributed by atoms with Gasteiger partial charge in [0.25, 0.3) is 5.91 Å². The summed E-state index contributed by atoms with van der Waals surface area (Å²) in [6.07, 6.45) is 3.56. The number of hydrogen-bond acceptors (Lipinski definition) is 4. The third-order valence-corrected chi connectivity index (χ3v) is 3.49. The van der Waals surface area contributed by atoms with Gasteiger partial charge in [-0.15, -0.1) is 0 Å². The molecule has 1 N–H and O–H groups in total. The zero-order valence-electron chi connectivity index (χ0n) is 12.5. The number of nitrogens with one attached hydrogen (secondary N) is 1. The van der Waals surface area contributed by atoms with Crippen molar-refractivity contribution in [3.05, 3.63) is 64.5 Å². The molecule has 6 heteroatoms. The average molecular weight is 378 g/mol. The van der Waals surface area contributed by atoms with Crippen LogP contribution in [-0.2, 0) is 20.9 Å². The van der Waals surface area contributed by atoms with Crippen molar-refractivity contribution in [3.8, 4) is 0 Å². The van der Waals surface area contributed by atoms with Gasteiger partial charge in [0.2, 0.25) is 0 Å². The number of amides is 1. The van der Waals surface area contributed by atoms with Crippen LogP contribution in [0.4, 0.5) is 0 Å². The first-order chi connectivity index (χ1) is 11.0. The van der Waals surface area contributed by atoms with E-state index in [9.17, 15) is 9.59 Å². The van der Waals surface area contributed by atoms with Gasteiger partial charge in [0.1, 0.15) is 5.76 Å². The smallest absolute Gasteiger partial charge is 0.331 e. The molecule has 120 valence electrons. The third kappa shape index (κ3) is 5.75. The van der Waals surface area contributed by atoms with Crippen molar-refractivity contribution < 1.29 is 18.7 Å². The van der Waals surface area contributed by atoms with Crippen LogP contribution in [0.15, 0.2) is 57.6 Å². The standard InChI is InChI=1S/C17H16BrNO4/c1-12(17(21)19-11-15-3-2-10-22-15)23-16(20)9-6-13-4-7-14(18)8-5-13/h2-10,12H,11H2,1H3,(H,19,21)/b9-6+/t12-/m1/s1. The van der Waals surface area contributed by atoms with Crippen molar-refractivity contribution in [2.75, 3.05) is 0 Å². The first kappa shape index (κ1) is 17.0. The van der Waals surface area contributed by atoms with Crippen LogP contribution >= 0.6 is 15.9 Å². The normalized spacial score (nSPS) is 12.1. The summed E-state index contributed by atoms with van der Waals surface area (Å²) in [6, 6.07) is 10.9. The summed E-state index contributed by atoms with van der Waals surface area (Å²) >= 11 is 3.34. The van der Waals surface area contributed by atoms with Crippen LogP contribution in [0, 0.1) is 0 Å². The molecular weight excluding hydrogens is 362 g/mol. The maximum Gasteiger partial charge on any atom is 0.331 e. The van der Waals surface area contributed by atoms with Gasteiger partial charge in [-0.25, -0.2) is 4.79 Å². The predicted molar refractivity (Wildman–Crippen MR) is 89.3 cm³/mol. The van der Waals surface area contributed by atoms with Crippen LogP contribution in [0.2, 0.25) is 0 Å². The van der Waals surface area contributed by atoms with Gasteiger partial charge in [-0.2, -0.15) is 0 Å². The lowest BCUT2D eigenvalue weighted by molar-refractivity contribution is -0.150. The summed E-state index contributed by atoms with van der Waals surface area (Å²) in [5, 5.41) is 2.63. The minimum atomic E-state index is -0.882. The lowest BCUT2D eigenvalue weighted by atomic mass is 10.2. The van der Waals surface area contributed by atoms with Crippen molar-refractivity contribution >= 4 is 33.9 Å². The quantitative estimate of drug-likeness (QED) is 0.619. The number of rotatable bonds is 6. The van der Waals surface area contributed by atoms with Crippen LogP contribution < -0.4 is 5.32 Å². The number of halogens is 1. The Bertz CT molecular complexity index is 677. The van der Waals surface area contributed by atoms with Crippen LogP contribution in [0.1, 0.15) is 18.2 Å². The van der Waals surface area contributed by atoms with Gasteiger partial charge < -0.3 is 14.5 Å². The molecule has 0 unspecified atom stereocenters. The monoisotopic (exact) mass is 377 g/mol. The predicted octanol–water partition coefficient (Wildman–Crippen LogP) is 3.30. The Labute approximate surface area is 142 Å². The molecule has 0 aliphatic carbocycles. The topological polar surface area (TPSA) is 68.5 Å². The molecule has 2 rings (SSSR count). The summed E-state index contributed by atoms with van der Waals surface area (Å²) in [7, 11) is 0. The number of ether oxygens (including phenoxy) is 1. The van der Waals surface area contributed by atoms with E-state index in [2.05, 4.69) is 21.2 Å². The summed E-state index contributed by atoms with van der Waals surface area (Å²) in [5.41, 5.74) is 0.861. The molecule has 1 amide bonds. The second kappa shape index (κ2) is 8.33. The Morgan fingerprint density at radius 3 is 2.70 bits per heavy atom. The second-order valence-corrected chi connectivity index (χ2v) is 5.68. The molecule has 23 heavy (non-hydrogen) atoms.